The fourth-order valence-corrected chi connectivity index (χ4v) is 1.60. The summed E-state index contributed by atoms with van der Waals surface area (Å²) in [6.45, 7) is 5.67. The van der Waals surface area contributed by atoms with E-state index in [1.165, 1.54) is 25.7 Å². The predicted molar refractivity (Wildman–Crippen MR) is 57.3 cm³/mol. The highest BCUT2D eigenvalue weighted by Gasteiger charge is 2.12. The standard InChI is InChI=1S/C11H23NO2/c1-2-3-4-5-7-12-9-11-6-8-13-10-14-11/h11-12H,2-10H2,1H3. The molecular formula is C11H23NO2. The molecule has 1 atom stereocenters. The molecule has 1 fully saturated rings. The van der Waals surface area contributed by atoms with Crippen molar-refractivity contribution in [3.63, 3.8) is 0 Å². The Hall–Kier alpha value is -0.120. The fourth-order valence-electron chi connectivity index (χ4n) is 1.60. The minimum atomic E-state index is 0.370. The zero-order valence-electron chi connectivity index (χ0n) is 9.26. The van der Waals surface area contributed by atoms with Crippen LogP contribution in [0.2, 0.25) is 0 Å². The molecule has 1 saturated heterocycles. The Morgan fingerprint density at radius 2 is 2.21 bits per heavy atom. The Balaban J connectivity index is 1.82. The van der Waals surface area contributed by atoms with Gasteiger partial charge in [-0.1, -0.05) is 26.2 Å². The number of hydrogen-bond acceptors (Lipinski definition) is 3. The number of nitrogens with one attached hydrogen (secondary N) is 1. The topological polar surface area (TPSA) is 30.5 Å². The summed E-state index contributed by atoms with van der Waals surface area (Å²) in [5.41, 5.74) is 0. The normalized spacial score (nSPS) is 22.5. The fraction of sp³-hybridized carbons (Fsp3) is 1.00. The van der Waals surface area contributed by atoms with Crippen LogP contribution in [-0.2, 0) is 9.47 Å². The summed E-state index contributed by atoms with van der Waals surface area (Å²) in [5.74, 6) is 0. The van der Waals surface area contributed by atoms with Crippen molar-refractivity contribution in [2.45, 2.75) is 45.1 Å². The van der Waals surface area contributed by atoms with Gasteiger partial charge in [0.2, 0.25) is 0 Å². The first-order valence-corrected chi connectivity index (χ1v) is 5.83. The van der Waals surface area contributed by atoms with Gasteiger partial charge in [0.15, 0.2) is 0 Å². The molecule has 1 aliphatic heterocycles. The van der Waals surface area contributed by atoms with Gasteiger partial charge in [0.05, 0.1) is 12.7 Å². The van der Waals surface area contributed by atoms with E-state index in [0.717, 1.165) is 26.1 Å². The third-order valence-corrected chi connectivity index (χ3v) is 2.55. The van der Waals surface area contributed by atoms with Crippen LogP contribution in [0.3, 0.4) is 0 Å². The Morgan fingerprint density at radius 1 is 1.29 bits per heavy atom. The summed E-state index contributed by atoms with van der Waals surface area (Å²) >= 11 is 0. The molecule has 0 aliphatic carbocycles. The minimum absolute atomic E-state index is 0.370. The van der Waals surface area contributed by atoms with Crippen molar-refractivity contribution < 1.29 is 9.47 Å². The lowest BCUT2D eigenvalue weighted by molar-refractivity contribution is -0.137. The zero-order chi connectivity index (χ0) is 10.1. The van der Waals surface area contributed by atoms with Gasteiger partial charge in [0, 0.05) is 6.54 Å². The van der Waals surface area contributed by atoms with Crippen molar-refractivity contribution >= 4 is 0 Å². The lowest BCUT2D eigenvalue weighted by atomic mass is 10.2. The van der Waals surface area contributed by atoms with Crippen molar-refractivity contribution in [1.29, 1.82) is 0 Å². The Kier molecular flexibility index (Phi) is 7.01. The highest BCUT2D eigenvalue weighted by Crippen LogP contribution is 2.04. The third-order valence-electron chi connectivity index (χ3n) is 2.55. The average molecular weight is 201 g/mol. The van der Waals surface area contributed by atoms with E-state index in [2.05, 4.69) is 12.2 Å². The molecular weight excluding hydrogens is 178 g/mol. The minimum Gasteiger partial charge on any atom is -0.355 e. The van der Waals surface area contributed by atoms with Crippen molar-refractivity contribution in [2.24, 2.45) is 0 Å². The first-order valence-electron chi connectivity index (χ1n) is 5.83. The molecule has 1 N–H and O–H groups in total. The van der Waals surface area contributed by atoms with E-state index in [1.807, 2.05) is 0 Å². The Labute approximate surface area is 87.2 Å². The highest BCUT2D eigenvalue weighted by molar-refractivity contribution is 4.63. The molecule has 0 saturated carbocycles. The third kappa shape index (κ3) is 5.58. The second kappa shape index (κ2) is 8.21. The summed E-state index contributed by atoms with van der Waals surface area (Å²) in [4.78, 5) is 0. The quantitative estimate of drug-likeness (QED) is 0.638. The summed E-state index contributed by atoms with van der Waals surface area (Å²) in [5, 5.41) is 3.43. The highest BCUT2D eigenvalue weighted by atomic mass is 16.7. The van der Waals surface area contributed by atoms with Crippen LogP contribution in [0.1, 0.15) is 39.0 Å². The van der Waals surface area contributed by atoms with Crippen LogP contribution < -0.4 is 5.32 Å². The van der Waals surface area contributed by atoms with E-state index in [1.54, 1.807) is 0 Å². The molecule has 0 aromatic carbocycles. The summed E-state index contributed by atoms with van der Waals surface area (Å²) in [6.07, 6.45) is 6.70. The molecule has 0 amide bonds. The van der Waals surface area contributed by atoms with Gasteiger partial charge in [-0.3, -0.25) is 0 Å². The van der Waals surface area contributed by atoms with Crippen molar-refractivity contribution in [1.82, 2.24) is 5.32 Å². The molecule has 14 heavy (non-hydrogen) atoms. The van der Waals surface area contributed by atoms with Crippen LogP contribution in [0.4, 0.5) is 0 Å². The van der Waals surface area contributed by atoms with Gasteiger partial charge < -0.3 is 14.8 Å². The number of ether oxygens (including phenoxy) is 2. The molecule has 3 heteroatoms. The van der Waals surface area contributed by atoms with E-state index >= 15 is 0 Å². The predicted octanol–water partition coefficient (Wildman–Crippen LogP) is 1.92. The first kappa shape index (κ1) is 12.0. The van der Waals surface area contributed by atoms with Crippen molar-refractivity contribution in [3.8, 4) is 0 Å². The van der Waals surface area contributed by atoms with Gasteiger partial charge >= 0.3 is 0 Å². The van der Waals surface area contributed by atoms with Crippen LogP contribution in [-0.4, -0.2) is 32.6 Å². The van der Waals surface area contributed by atoms with E-state index in [-0.39, 0.29) is 0 Å². The summed E-state index contributed by atoms with van der Waals surface area (Å²) < 4.78 is 10.5. The van der Waals surface area contributed by atoms with Crippen LogP contribution in [0, 0.1) is 0 Å². The molecule has 0 bridgehead atoms. The van der Waals surface area contributed by atoms with Gasteiger partial charge in [-0.15, -0.1) is 0 Å². The first-order chi connectivity index (χ1) is 6.93. The van der Waals surface area contributed by atoms with Gasteiger partial charge in [0.25, 0.3) is 0 Å². The van der Waals surface area contributed by atoms with Crippen LogP contribution in [0.5, 0.6) is 0 Å². The van der Waals surface area contributed by atoms with Gasteiger partial charge in [0.1, 0.15) is 6.79 Å². The Bertz CT molecular complexity index is 124. The largest absolute Gasteiger partial charge is 0.355 e. The lowest BCUT2D eigenvalue weighted by Crippen LogP contribution is -2.34. The summed E-state index contributed by atoms with van der Waals surface area (Å²) in [7, 11) is 0. The number of unbranched alkanes of at least 4 members (excludes halogenated alkanes) is 3. The SMILES string of the molecule is CCCCCCNCC1CCOCO1. The smallest absolute Gasteiger partial charge is 0.147 e. The van der Waals surface area contributed by atoms with E-state index < -0.39 is 0 Å². The summed E-state index contributed by atoms with van der Waals surface area (Å²) in [6, 6.07) is 0. The maximum Gasteiger partial charge on any atom is 0.147 e. The van der Waals surface area contributed by atoms with Crippen LogP contribution in [0.25, 0.3) is 0 Å². The van der Waals surface area contributed by atoms with Gasteiger partial charge in [-0.25, -0.2) is 0 Å². The molecule has 1 unspecified atom stereocenters. The molecule has 1 aliphatic rings. The number of hydrogen-bond donors (Lipinski definition) is 1. The van der Waals surface area contributed by atoms with Crippen LogP contribution in [0.15, 0.2) is 0 Å². The molecule has 3 nitrogen and oxygen atoms in total. The van der Waals surface area contributed by atoms with Crippen LogP contribution >= 0.6 is 0 Å². The van der Waals surface area contributed by atoms with Gasteiger partial charge in [-0.2, -0.15) is 0 Å². The van der Waals surface area contributed by atoms with Crippen molar-refractivity contribution in [2.75, 3.05) is 26.5 Å². The van der Waals surface area contributed by atoms with Gasteiger partial charge in [-0.05, 0) is 19.4 Å². The molecule has 84 valence electrons. The van der Waals surface area contributed by atoms with E-state index in [0.29, 0.717) is 12.9 Å². The van der Waals surface area contributed by atoms with E-state index in [4.69, 9.17) is 9.47 Å². The second-order valence-electron chi connectivity index (χ2n) is 3.87. The van der Waals surface area contributed by atoms with Crippen molar-refractivity contribution in [3.05, 3.63) is 0 Å². The Morgan fingerprint density at radius 3 is 2.93 bits per heavy atom. The maximum absolute atomic E-state index is 5.42. The second-order valence-corrected chi connectivity index (χ2v) is 3.87. The molecule has 0 aromatic heterocycles. The zero-order valence-corrected chi connectivity index (χ0v) is 9.26. The average Bonchev–Trinajstić information content (AvgIpc) is 2.25. The molecule has 0 aromatic rings. The molecule has 0 radical (unpaired) electrons. The monoisotopic (exact) mass is 201 g/mol. The van der Waals surface area contributed by atoms with E-state index in [9.17, 15) is 0 Å². The lowest BCUT2D eigenvalue weighted by Gasteiger charge is -2.22. The molecule has 0 spiro atoms. The number of rotatable bonds is 7. The molecule has 1 rings (SSSR count). The maximum atomic E-state index is 5.42. The molecule has 1 heterocycles.